The van der Waals surface area contributed by atoms with Gasteiger partial charge in [-0.1, -0.05) is 0 Å². The van der Waals surface area contributed by atoms with Crippen molar-refractivity contribution >= 4 is 29.0 Å². The third-order valence-corrected chi connectivity index (χ3v) is 4.63. The lowest BCUT2D eigenvalue weighted by molar-refractivity contribution is -0.121. The molecule has 0 saturated carbocycles. The largest absolute Gasteiger partial charge is 0.472 e. The highest BCUT2D eigenvalue weighted by molar-refractivity contribution is 7.98. The summed E-state index contributed by atoms with van der Waals surface area (Å²) in [7, 11) is 0. The second kappa shape index (κ2) is 7.11. The summed E-state index contributed by atoms with van der Waals surface area (Å²) in [5.41, 5.74) is 0.742. The molecule has 0 radical (unpaired) electrons. The average Bonchev–Trinajstić information content (AvgIpc) is 3.06. The van der Waals surface area contributed by atoms with Crippen LogP contribution in [0.2, 0.25) is 0 Å². The lowest BCUT2D eigenvalue weighted by atomic mass is 10.1. The van der Waals surface area contributed by atoms with Crippen molar-refractivity contribution in [1.29, 1.82) is 0 Å². The van der Waals surface area contributed by atoms with E-state index in [9.17, 15) is 9.90 Å². The third kappa shape index (κ3) is 4.87. The van der Waals surface area contributed by atoms with Gasteiger partial charge in [-0.25, -0.2) is 4.98 Å². The monoisotopic (exact) mass is 326 g/mol. The second-order valence-corrected chi connectivity index (χ2v) is 6.76. The van der Waals surface area contributed by atoms with Crippen LogP contribution in [0.4, 0.5) is 0 Å². The molecule has 2 aromatic rings. The quantitative estimate of drug-likeness (QED) is 0.815. The molecule has 114 valence electrons. The fourth-order valence-corrected chi connectivity index (χ4v) is 3.31. The van der Waals surface area contributed by atoms with E-state index in [1.807, 2.05) is 17.7 Å². The number of rotatable bonds is 7. The number of hydrogen-bond acceptors (Lipinski definition) is 6. The Kier molecular flexibility index (Phi) is 5.44. The molecule has 2 heterocycles. The molecule has 1 amide bonds. The van der Waals surface area contributed by atoms with Gasteiger partial charge in [0.1, 0.15) is 11.3 Å². The summed E-state index contributed by atoms with van der Waals surface area (Å²) in [6, 6.07) is 1.84. The van der Waals surface area contributed by atoms with Crippen molar-refractivity contribution in [3.63, 3.8) is 0 Å². The van der Waals surface area contributed by atoms with Crippen LogP contribution in [0.3, 0.4) is 0 Å². The number of thiazole rings is 1. The van der Waals surface area contributed by atoms with Crippen molar-refractivity contribution in [3.05, 3.63) is 29.7 Å². The molecule has 1 atom stereocenters. The molecule has 0 spiro atoms. The van der Waals surface area contributed by atoms with Gasteiger partial charge in [0.25, 0.3) is 0 Å². The normalized spacial score (nSPS) is 13.9. The highest BCUT2D eigenvalue weighted by atomic mass is 32.2. The van der Waals surface area contributed by atoms with Gasteiger partial charge in [0.15, 0.2) is 0 Å². The van der Waals surface area contributed by atoms with E-state index in [2.05, 4.69) is 10.3 Å². The number of nitrogens with zero attached hydrogens (tertiary/aromatic N) is 1. The fraction of sp³-hybridized carbons (Fsp3) is 0.429. The lowest BCUT2D eigenvalue weighted by Gasteiger charge is -2.22. The molecule has 7 heteroatoms. The van der Waals surface area contributed by atoms with E-state index in [0.717, 1.165) is 16.3 Å². The molecule has 0 saturated heterocycles. The van der Waals surface area contributed by atoms with E-state index in [4.69, 9.17) is 4.42 Å². The standard InChI is InChI=1S/C14H18N2O3S2/c1-14(18,9-20-2)8-15-12(17)5-11-7-21-13(16-11)10-3-4-19-6-10/h3-4,6-7,18H,5,8-9H2,1-2H3,(H,15,17). The van der Waals surface area contributed by atoms with Crippen LogP contribution in [0.5, 0.6) is 0 Å². The van der Waals surface area contributed by atoms with Gasteiger partial charge in [0.05, 0.1) is 24.0 Å². The van der Waals surface area contributed by atoms with Crippen LogP contribution in [0.25, 0.3) is 10.6 Å². The molecule has 0 fully saturated rings. The van der Waals surface area contributed by atoms with Crippen molar-refractivity contribution in [2.75, 3.05) is 18.6 Å². The maximum absolute atomic E-state index is 11.9. The van der Waals surface area contributed by atoms with E-state index in [0.29, 0.717) is 5.75 Å². The fourth-order valence-electron chi connectivity index (χ4n) is 1.78. The van der Waals surface area contributed by atoms with E-state index in [-0.39, 0.29) is 18.9 Å². The highest BCUT2D eigenvalue weighted by Gasteiger charge is 2.20. The number of furan rings is 1. The summed E-state index contributed by atoms with van der Waals surface area (Å²) in [6.07, 6.45) is 5.35. The number of thioether (sulfide) groups is 1. The first kappa shape index (κ1) is 16.1. The Hall–Kier alpha value is -1.31. The topological polar surface area (TPSA) is 75.4 Å². The Balaban J connectivity index is 1.86. The van der Waals surface area contributed by atoms with E-state index >= 15 is 0 Å². The van der Waals surface area contributed by atoms with Crippen molar-refractivity contribution < 1.29 is 14.3 Å². The Morgan fingerprint density at radius 3 is 3.10 bits per heavy atom. The number of hydrogen-bond donors (Lipinski definition) is 2. The molecule has 0 aliphatic heterocycles. The lowest BCUT2D eigenvalue weighted by Crippen LogP contribution is -2.42. The first-order valence-corrected chi connectivity index (χ1v) is 8.72. The van der Waals surface area contributed by atoms with Gasteiger partial charge in [-0.3, -0.25) is 4.79 Å². The molecule has 2 aromatic heterocycles. The minimum absolute atomic E-state index is 0.138. The number of carbonyl (C=O) groups excluding carboxylic acids is 1. The Bertz CT molecular complexity index is 579. The van der Waals surface area contributed by atoms with Gasteiger partial charge < -0.3 is 14.8 Å². The van der Waals surface area contributed by atoms with Gasteiger partial charge in [-0.15, -0.1) is 11.3 Å². The summed E-state index contributed by atoms with van der Waals surface area (Å²) in [5.74, 6) is 0.439. The SMILES string of the molecule is CSCC(C)(O)CNC(=O)Cc1csc(-c2ccoc2)n1. The average molecular weight is 326 g/mol. The molecule has 5 nitrogen and oxygen atoms in total. The molecule has 21 heavy (non-hydrogen) atoms. The summed E-state index contributed by atoms with van der Waals surface area (Å²) < 4.78 is 5.02. The smallest absolute Gasteiger partial charge is 0.226 e. The molecule has 0 aliphatic rings. The number of amides is 1. The van der Waals surface area contributed by atoms with Gasteiger partial charge in [-0.2, -0.15) is 11.8 Å². The van der Waals surface area contributed by atoms with Crippen LogP contribution in [0.1, 0.15) is 12.6 Å². The Morgan fingerprint density at radius 1 is 1.62 bits per heavy atom. The summed E-state index contributed by atoms with van der Waals surface area (Å²) in [4.78, 5) is 16.3. The number of carbonyl (C=O) groups is 1. The maximum Gasteiger partial charge on any atom is 0.226 e. The second-order valence-electron chi connectivity index (χ2n) is 5.04. The first-order chi connectivity index (χ1) is 10.00. The highest BCUT2D eigenvalue weighted by Crippen LogP contribution is 2.24. The van der Waals surface area contributed by atoms with Crippen LogP contribution in [-0.2, 0) is 11.2 Å². The number of aliphatic hydroxyl groups is 1. The molecule has 0 bridgehead atoms. The van der Waals surface area contributed by atoms with E-state index in [1.54, 1.807) is 31.2 Å². The van der Waals surface area contributed by atoms with E-state index < -0.39 is 5.60 Å². The minimum atomic E-state index is -0.890. The molecule has 1 unspecified atom stereocenters. The van der Waals surface area contributed by atoms with Gasteiger partial charge >= 0.3 is 0 Å². The van der Waals surface area contributed by atoms with Gasteiger partial charge in [0.2, 0.25) is 5.91 Å². The van der Waals surface area contributed by atoms with Gasteiger partial charge in [0, 0.05) is 23.2 Å². The molecular formula is C14H18N2O3S2. The van der Waals surface area contributed by atoms with E-state index in [1.165, 1.54) is 11.3 Å². The van der Waals surface area contributed by atoms with Crippen LogP contribution in [0, 0.1) is 0 Å². The van der Waals surface area contributed by atoms with Crippen molar-refractivity contribution in [3.8, 4) is 10.6 Å². The summed E-state index contributed by atoms with van der Waals surface area (Å²) >= 11 is 3.02. The molecule has 2 rings (SSSR count). The van der Waals surface area contributed by atoms with Crippen molar-refractivity contribution in [2.45, 2.75) is 18.9 Å². The first-order valence-electron chi connectivity index (χ1n) is 6.45. The van der Waals surface area contributed by atoms with Crippen molar-refractivity contribution in [1.82, 2.24) is 10.3 Å². The van der Waals surface area contributed by atoms with Gasteiger partial charge in [-0.05, 0) is 19.2 Å². The number of aromatic nitrogens is 1. The zero-order valence-electron chi connectivity index (χ0n) is 12.0. The third-order valence-electron chi connectivity index (χ3n) is 2.78. The molecule has 0 aliphatic carbocycles. The summed E-state index contributed by atoms with van der Waals surface area (Å²) in [6.45, 7) is 1.95. The van der Waals surface area contributed by atoms with Crippen LogP contribution >= 0.6 is 23.1 Å². The Morgan fingerprint density at radius 2 is 2.43 bits per heavy atom. The maximum atomic E-state index is 11.9. The Labute approximate surface area is 131 Å². The van der Waals surface area contributed by atoms with Crippen LogP contribution in [0.15, 0.2) is 28.4 Å². The summed E-state index contributed by atoms with van der Waals surface area (Å²) in [5, 5.41) is 15.4. The molecule has 0 aromatic carbocycles. The van der Waals surface area contributed by atoms with Crippen LogP contribution in [-0.4, -0.2) is 40.2 Å². The van der Waals surface area contributed by atoms with Crippen molar-refractivity contribution in [2.24, 2.45) is 0 Å². The van der Waals surface area contributed by atoms with Crippen LogP contribution < -0.4 is 5.32 Å². The zero-order chi connectivity index (χ0) is 15.3. The zero-order valence-corrected chi connectivity index (χ0v) is 13.6. The molecular weight excluding hydrogens is 308 g/mol. The molecule has 2 N–H and O–H groups in total. The number of nitrogens with one attached hydrogen (secondary N) is 1. The minimum Gasteiger partial charge on any atom is -0.472 e. The predicted molar refractivity (Wildman–Crippen MR) is 85.5 cm³/mol. The predicted octanol–water partition coefficient (Wildman–Crippen LogP) is 2.18.